The van der Waals surface area contributed by atoms with Crippen molar-refractivity contribution in [2.24, 2.45) is 11.3 Å². The molecule has 0 unspecified atom stereocenters. The highest BCUT2D eigenvalue weighted by Gasteiger charge is 2.60. The number of allylic oxidation sites excluding steroid dienone is 1. The van der Waals surface area contributed by atoms with E-state index in [9.17, 15) is 20.1 Å². The van der Waals surface area contributed by atoms with E-state index in [-0.39, 0.29) is 18.1 Å². The minimum atomic E-state index is -2.16. The van der Waals surface area contributed by atoms with Gasteiger partial charge in [0.05, 0.1) is 30.2 Å². The van der Waals surface area contributed by atoms with Gasteiger partial charge in [0.15, 0.2) is 5.78 Å². The third kappa shape index (κ3) is 2.52. The molecule has 5 nitrogen and oxygen atoms in total. The lowest BCUT2D eigenvalue weighted by atomic mass is 9.57. The number of esters is 1. The monoisotopic (exact) mass is 348 g/mol. The van der Waals surface area contributed by atoms with Gasteiger partial charge in [-0.05, 0) is 43.2 Å². The summed E-state index contributed by atoms with van der Waals surface area (Å²) in [7, 11) is 0. The second-order valence-corrected chi connectivity index (χ2v) is 6.70. The Hall–Kier alpha value is -2.92. The third-order valence-electron chi connectivity index (χ3n) is 5.43. The standard InChI is InChI=1S/C21H20N2O3/c1-2-26-20(25)21(13-23)17(12-22)15-10-6-7-11-16(15)18(19(21)24)14-8-4-3-5-9-14/h3-5,8-9,16,18H,2,6-7,10-11H2,1H3/t16-,18+,21-/m1/s1. The molecule has 26 heavy (non-hydrogen) atoms. The first-order chi connectivity index (χ1) is 12.6. The molecule has 3 rings (SSSR count). The zero-order valence-electron chi connectivity index (χ0n) is 14.7. The number of ether oxygens (including phenoxy) is 1. The SMILES string of the molecule is CCOC(=O)[C@@]1(C#N)C(=O)[C@@H](c2ccccc2)[C@@H]2CCCCC2=C1C#N. The fourth-order valence-electron chi connectivity index (χ4n) is 4.30. The Morgan fingerprint density at radius 1 is 1.27 bits per heavy atom. The molecule has 1 saturated carbocycles. The number of nitrogens with zero attached hydrogens (tertiary/aromatic N) is 2. The van der Waals surface area contributed by atoms with Crippen molar-refractivity contribution in [2.45, 2.75) is 38.5 Å². The molecule has 3 atom stereocenters. The van der Waals surface area contributed by atoms with Crippen LogP contribution in [0.5, 0.6) is 0 Å². The van der Waals surface area contributed by atoms with Gasteiger partial charge in [0.1, 0.15) is 0 Å². The van der Waals surface area contributed by atoms with E-state index in [4.69, 9.17) is 4.74 Å². The molecule has 1 aromatic rings. The molecule has 5 heteroatoms. The van der Waals surface area contributed by atoms with Gasteiger partial charge in [-0.1, -0.05) is 36.8 Å². The first kappa shape index (κ1) is 17.9. The zero-order valence-corrected chi connectivity index (χ0v) is 14.7. The predicted octanol–water partition coefficient (Wildman–Crippen LogP) is 3.44. The third-order valence-corrected chi connectivity index (χ3v) is 5.43. The Bertz CT molecular complexity index is 844. The number of benzene rings is 1. The van der Waals surface area contributed by atoms with Crippen LogP contribution >= 0.6 is 0 Å². The van der Waals surface area contributed by atoms with Crippen molar-refractivity contribution in [1.82, 2.24) is 0 Å². The van der Waals surface area contributed by atoms with Crippen LogP contribution in [-0.2, 0) is 14.3 Å². The first-order valence-corrected chi connectivity index (χ1v) is 8.93. The lowest BCUT2D eigenvalue weighted by Gasteiger charge is -2.41. The van der Waals surface area contributed by atoms with Gasteiger partial charge in [-0.25, -0.2) is 4.79 Å². The summed E-state index contributed by atoms with van der Waals surface area (Å²) in [5.41, 5.74) is -0.598. The summed E-state index contributed by atoms with van der Waals surface area (Å²) in [5, 5.41) is 19.7. The average Bonchev–Trinajstić information content (AvgIpc) is 2.68. The number of nitriles is 2. The summed E-state index contributed by atoms with van der Waals surface area (Å²) < 4.78 is 5.07. The van der Waals surface area contributed by atoms with Crippen LogP contribution in [0.2, 0.25) is 0 Å². The van der Waals surface area contributed by atoms with Crippen molar-refractivity contribution in [3.63, 3.8) is 0 Å². The molecule has 1 fully saturated rings. The number of carbonyl (C=O) groups is 2. The second-order valence-electron chi connectivity index (χ2n) is 6.70. The van der Waals surface area contributed by atoms with Crippen LogP contribution in [0.4, 0.5) is 0 Å². The largest absolute Gasteiger partial charge is 0.464 e. The summed E-state index contributed by atoms with van der Waals surface area (Å²) in [4.78, 5) is 26.2. The molecule has 0 aromatic heterocycles. The van der Waals surface area contributed by atoms with Crippen molar-refractivity contribution in [2.75, 3.05) is 6.61 Å². The fraction of sp³-hybridized carbons (Fsp3) is 0.429. The maximum atomic E-state index is 13.5. The number of rotatable bonds is 3. The number of carbonyl (C=O) groups excluding carboxylic acids is 2. The molecule has 0 amide bonds. The normalized spacial score (nSPS) is 27.9. The van der Waals surface area contributed by atoms with Crippen LogP contribution in [0.3, 0.4) is 0 Å². The van der Waals surface area contributed by atoms with Crippen LogP contribution in [0, 0.1) is 34.0 Å². The minimum absolute atomic E-state index is 0.000307. The number of Topliss-reactive ketones (excluding diaryl/α,β-unsaturated/α-hetero) is 1. The molecule has 0 aliphatic heterocycles. The van der Waals surface area contributed by atoms with E-state index in [1.54, 1.807) is 6.92 Å². The highest BCUT2D eigenvalue weighted by Crippen LogP contribution is 2.52. The summed E-state index contributed by atoms with van der Waals surface area (Å²) in [6.45, 7) is 1.66. The Morgan fingerprint density at radius 3 is 2.62 bits per heavy atom. The van der Waals surface area contributed by atoms with Crippen LogP contribution in [0.15, 0.2) is 41.5 Å². The van der Waals surface area contributed by atoms with Gasteiger partial charge in [-0.3, -0.25) is 4.79 Å². The second kappa shape index (κ2) is 7.14. The molecule has 2 aliphatic carbocycles. The summed E-state index contributed by atoms with van der Waals surface area (Å²) in [6, 6.07) is 13.1. The van der Waals surface area contributed by atoms with E-state index in [0.717, 1.165) is 30.4 Å². The number of hydrogen-bond acceptors (Lipinski definition) is 5. The number of fused-ring (bicyclic) bond motifs is 1. The van der Waals surface area contributed by atoms with Crippen molar-refractivity contribution < 1.29 is 14.3 Å². The molecule has 0 heterocycles. The molecule has 0 spiro atoms. The molecule has 1 aromatic carbocycles. The van der Waals surface area contributed by atoms with E-state index in [2.05, 4.69) is 0 Å². The Balaban J connectivity index is 2.27. The number of ketones is 1. The van der Waals surface area contributed by atoms with Gasteiger partial charge in [-0.2, -0.15) is 10.5 Å². The molecule has 0 bridgehead atoms. The van der Waals surface area contributed by atoms with Crippen molar-refractivity contribution in [1.29, 1.82) is 10.5 Å². The first-order valence-electron chi connectivity index (χ1n) is 8.93. The van der Waals surface area contributed by atoms with Gasteiger partial charge >= 0.3 is 5.97 Å². The lowest BCUT2D eigenvalue weighted by Crippen LogP contribution is -2.50. The topological polar surface area (TPSA) is 90.9 Å². The summed E-state index contributed by atoms with van der Waals surface area (Å²) in [5.74, 6) is -2.20. The molecule has 0 radical (unpaired) electrons. The smallest absolute Gasteiger partial charge is 0.339 e. The maximum absolute atomic E-state index is 13.5. The van der Waals surface area contributed by atoms with E-state index in [1.807, 2.05) is 42.5 Å². The molecular formula is C21H20N2O3. The molecule has 132 valence electrons. The van der Waals surface area contributed by atoms with Gasteiger partial charge in [-0.15, -0.1) is 0 Å². The Morgan fingerprint density at radius 2 is 2.00 bits per heavy atom. The van der Waals surface area contributed by atoms with Gasteiger partial charge in [0.2, 0.25) is 5.41 Å². The summed E-state index contributed by atoms with van der Waals surface area (Å²) >= 11 is 0. The molecule has 0 N–H and O–H groups in total. The minimum Gasteiger partial charge on any atom is -0.464 e. The Labute approximate surface area is 152 Å². The van der Waals surface area contributed by atoms with Gasteiger partial charge < -0.3 is 4.74 Å². The highest BCUT2D eigenvalue weighted by atomic mass is 16.5. The van der Waals surface area contributed by atoms with Crippen LogP contribution in [0.25, 0.3) is 0 Å². The lowest BCUT2D eigenvalue weighted by molar-refractivity contribution is -0.155. The fourth-order valence-corrected chi connectivity index (χ4v) is 4.30. The van der Waals surface area contributed by atoms with Crippen molar-refractivity contribution >= 4 is 11.8 Å². The Kier molecular flexibility index (Phi) is 4.91. The van der Waals surface area contributed by atoms with E-state index in [0.29, 0.717) is 6.42 Å². The van der Waals surface area contributed by atoms with Crippen LogP contribution in [0.1, 0.15) is 44.1 Å². The van der Waals surface area contributed by atoms with Gasteiger partial charge in [0.25, 0.3) is 0 Å². The average molecular weight is 348 g/mol. The van der Waals surface area contributed by atoms with E-state index in [1.165, 1.54) is 0 Å². The van der Waals surface area contributed by atoms with Crippen molar-refractivity contribution in [3.05, 3.63) is 47.0 Å². The van der Waals surface area contributed by atoms with Crippen LogP contribution in [-0.4, -0.2) is 18.4 Å². The van der Waals surface area contributed by atoms with E-state index >= 15 is 0 Å². The molecular weight excluding hydrogens is 328 g/mol. The zero-order chi connectivity index (χ0) is 18.7. The van der Waals surface area contributed by atoms with Crippen molar-refractivity contribution in [3.8, 4) is 12.1 Å². The molecule has 0 saturated heterocycles. The van der Waals surface area contributed by atoms with Crippen LogP contribution < -0.4 is 0 Å². The highest BCUT2D eigenvalue weighted by molar-refractivity contribution is 6.14. The molecule has 2 aliphatic rings. The number of hydrogen-bond donors (Lipinski definition) is 0. The quantitative estimate of drug-likeness (QED) is 0.616. The summed E-state index contributed by atoms with van der Waals surface area (Å²) in [6.07, 6.45) is 3.25. The van der Waals surface area contributed by atoms with Gasteiger partial charge in [0, 0.05) is 0 Å². The maximum Gasteiger partial charge on any atom is 0.339 e. The predicted molar refractivity (Wildman–Crippen MR) is 93.5 cm³/mol. The van der Waals surface area contributed by atoms with E-state index < -0.39 is 23.1 Å².